The van der Waals surface area contributed by atoms with Gasteiger partial charge in [0, 0.05) is 13.0 Å². The van der Waals surface area contributed by atoms with E-state index in [1.54, 1.807) is 12.3 Å². The first-order valence-corrected chi connectivity index (χ1v) is 7.57. The number of carbonyl (C=O) groups is 2. The summed E-state index contributed by atoms with van der Waals surface area (Å²) in [6.45, 7) is 5.13. The molecule has 2 N–H and O–H groups in total. The number of esters is 1. The molecule has 0 saturated carbocycles. The molecule has 0 aliphatic rings. The van der Waals surface area contributed by atoms with Crippen molar-refractivity contribution in [3.63, 3.8) is 0 Å². The van der Waals surface area contributed by atoms with E-state index in [0.29, 0.717) is 10.3 Å². The number of amides is 1. The summed E-state index contributed by atoms with van der Waals surface area (Å²) < 4.78 is 5.33. The first kappa shape index (κ1) is 17.4. The van der Waals surface area contributed by atoms with Crippen molar-refractivity contribution in [2.24, 2.45) is 0 Å². The minimum atomic E-state index is -0.492. The maximum absolute atomic E-state index is 11.7. The zero-order chi connectivity index (χ0) is 15.8. The van der Waals surface area contributed by atoms with Crippen LogP contribution in [0.4, 0.5) is 11.4 Å². The Morgan fingerprint density at radius 1 is 1.43 bits per heavy atom. The van der Waals surface area contributed by atoms with E-state index >= 15 is 0 Å². The van der Waals surface area contributed by atoms with E-state index in [2.05, 4.69) is 50.1 Å². The number of anilines is 2. The summed E-state index contributed by atoms with van der Waals surface area (Å²) in [4.78, 5) is 26.5. The number of ether oxygens (including phenoxy) is 1. The Bertz CT molecular complexity index is 508. The molecule has 1 aromatic rings. The average molecular weight is 358 g/mol. The molecule has 0 spiro atoms. The Morgan fingerprint density at radius 3 is 2.76 bits per heavy atom. The van der Waals surface area contributed by atoms with E-state index in [1.807, 2.05) is 0 Å². The number of nitrogens with one attached hydrogen (secondary N) is 2. The maximum atomic E-state index is 11.7. The highest BCUT2D eigenvalue weighted by Crippen LogP contribution is 2.25. The monoisotopic (exact) mass is 357 g/mol. The molecule has 1 heterocycles. The van der Waals surface area contributed by atoms with Crippen LogP contribution in [0.25, 0.3) is 0 Å². The zero-order valence-corrected chi connectivity index (χ0v) is 14.0. The largest absolute Gasteiger partial charge is 0.456 e. The quantitative estimate of drug-likeness (QED) is 0.579. The highest BCUT2D eigenvalue weighted by atomic mass is 79.9. The second-order valence-corrected chi connectivity index (χ2v) is 5.53. The van der Waals surface area contributed by atoms with Crippen LogP contribution in [0, 0.1) is 0 Å². The van der Waals surface area contributed by atoms with E-state index in [4.69, 9.17) is 0 Å². The molecule has 1 unspecified atom stereocenters. The maximum Gasteiger partial charge on any atom is 0.303 e. The molecule has 0 fully saturated rings. The molecule has 1 aromatic heterocycles. The minimum Gasteiger partial charge on any atom is -0.456 e. The van der Waals surface area contributed by atoms with Gasteiger partial charge in [0.2, 0.25) is 0 Å². The number of nitrogens with zero attached hydrogens (tertiary/aromatic N) is 1. The molecule has 1 rings (SSSR count). The summed E-state index contributed by atoms with van der Waals surface area (Å²) in [7, 11) is 0. The van der Waals surface area contributed by atoms with Gasteiger partial charge in [-0.1, -0.05) is 13.3 Å². The highest BCUT2D eigenvalue weighted by molar-refractivity contribution is 9.10. The van der Waals surface area contributed by atoms with Crippen LogP contribution in [0.5, 0.6) is 0 Å². The van der Waals surface area contributed by atoms with Crippen molar-refractivity contribution in [1.29, 1.82) is 0 Å². The van der Waals surface area contributed by atoms with Gasteiger partial charge >= 0.3 is 5.97 Å². The summed E-state index contributed by atoms with van der Waals surface area (Å²) in [6.07, 6.45) is 3.63. The van der Waals surface area contributed by atoms with Crippen molar-refractivity contribution in [3.8, 4) is 0 Å². The van der Waals surface area contributed by atoms with E-state index in [-0.39, 0.29) is 12.6 Å². The van der Waals surface area contributed by atoms with E-state index < -0.39 is 11.9 Å². The number of rotatable bonds is 7. The fourth-order valence-electron chi connectivity index (χ4n) is 1.77. The van der Waals surface area contributed by atoms with Gasteiger partial charge in [0.05, 0.1) is 17.6 Å². The minimum absolute atomic E-state index is 0.272. The van der Waals surface area contributed by atoms with Gasteiger partial charge in [-0.2, -0.15) is 0 Å². The molecule has 0 bridgehead atoms. The standard InChI is InChI=1S/C14H20BrN3O3/c1-4-5-9(2)17-11-6-13(15)16-7-12(11)18-14(20)8-21-10(3)19/h6-7,9H,4-5,8H2,1-3H3,(H,16,17)(H,18,20). The molecule has 0 aliphatic carbocycles. The molecule has 116 valence electrons. The predicted octanol–water partition coefficient (Wildman–Crippen LogP) is 2.95. The number of hydrogen-bond acceptors (Lipinski definition) is 5. The highest BCUT2D eigenvalue weighted by Gasteiger charge is 2.11. The zero-order valence-electron chi connectivity index (χ0n) is 12.4. The van der Waals surface area contributed by atoms with Gasteiger partial charge in [0.25, 0.3) is 5.91 Å². The SMILES string of the molecule is CCCC(C)Nc1cc(Br)ncc1NC(=O)COC(C)=O. The van der Waals surface area contributed by atoms with Crippen LogP contribution in [0.3, 0.4) is 0 Å². The van der Waals surface area contributed by atoms with Crippen LogP contribution >= 0.6 is 15.9 Å². The first-order chi connectivity index (χ1) is 9.92. The van der Waals surface area contributed by atoms with Gasteiger partial charge in [-0.3, -0.25) is 9.59 Å². The van der Waals surface area contributed by atoms with Crippen LogP contribution in [-0.2, 0) is 14.3 Å². The van der Waals surface area contributed by atoms with Gasteiger partial charge in [0.1, 0.15) is 4.60 Å². The number of hydrogen-bond donors (Lipinski definition) is 2. The van der Waals surface area contributed by atoms with Crippen LogP contribution in [-0.4, -0.2) is 29.5 Å². The van der Waals surface area contributed by atoms with Crippen LogP contribution in [0.1, 0.15) is 33.6 Å². The average Bonchev–Trinajstić information content (AvgIpc) is 2.40. The third-order valence-corrected chi connectivity index (χ3v) is 3.11. The lowest BCUT2D eigenvalue weighted by molar-refractivity contribution is -0.144. The van der Waals surface area contributed by atoms with Gasteiger partial charge in [0.15, 0.2) is 6.61 Å². The Morgan fingerprint density at radius 2 is 2.14 bits per heavy atom. The molecule has 0 radical (unpaired) electrons. The van der Waals surface area contributed by atoms with Crippen LogP contribution < -0.4 is 10.6 Å². The third kappa shape index (κ3) is 6.57. The molecule has 0 aromatic carbocycles. The number of carbonyl (C=O) groups excluding carboxylic acids is 2. The molecule has 0 aliphatic heterocycles. The molecular formula is C14H20BrN3O3. The first-order valence-electron chi connectivity index (χ1n) is 6.77. The Kier molecular flexibility index (Phi) is 7.14. The van der Waals surface area contributed by atoms with Gasteiger partial charge < -0.3 is 15.4 Å². The third-order valence-electron chi connectivity index (χ3n) is 2.67. The lowest BCUT2D eigenvalue weighted by Crippen LogP contribution is -2.22. The second kappa shape index (κ2) is 8.61. The fourth-order valence-corrected chi connectivity index (χ4v) is 2.10. The second-order valence-electron chi connectivity index (χ2n) is 4.72. The summed E-state index contributed by atoms with van der Waals surface area (Å²) in [6, 6.07) is 2.07. The number of halogens is 1. The lowest BCUT2D eigenvalue weighted by atomic mass is 10.2. The molecular weight excluding hydrogens is 338 g/mol. The summed E-state index contributed by atoms with van der Waals surface area (Å²) in [5.41, 5.74) is 1.33. The summed E-state index contributed by atoms with van der Waals surface area (Å²) in [5.74, 6) is -0.894. The van der Waals surface area contributed by atoms with Crippen LogP contribution in [0.15, 0.2) is 16.9 Å². The van der Waals surface area contributed by atoms with Crippen molar-refractivity contribution < 1.29 is 14.3 Å². The van der Waals surface area contributed by atoms with E-state index in [1.165, 1.54) is 6.92 Å². The number of aromatic nitrogens is 1. The topological polar surface area (TPSA) is 80.3 Å². The van der Waals surface area contributed by atoms with E-state index in [9.17, 15) is 9.59 Å². The predicted molar refractivity (Wildman–Crippen MR) is 85.2 cm³/mol. The summed E-state index contributed by atoms with van der Waals surface area (Å²) >= 11 is 3.31. The van der Waals surface area contributed by atoms with Crippen molar-refractivity contribution in [2.75, 3.05) is 17.2 Å². The Labute approximate surface area is 132 Å². The molecule has 6 nitrogen and oxygen atoms in total. The lowest BCUT2D eigenvalue weighted by Gasteiger charge is -2.18. The molecule has 0 saturated heterocycles. The molecule has 21 heavy (non-hydrogen) atoms. The Balaban J connectivity index is 2.76. The van der Waals surface area contributed by atoms with Crippen molar-refractivity contribution in [1.82, 2.24) is 4.98 Å². The Hall–Kier alpha value is -1.63. The summed E-state index contributed by atoms with van der Waals surface area (Å²) in [5, 5.41) is 6.01. The molecule has 1 atom stereocenters. The van der Waals surface area contributed by atoms with Gasteiger partial charge in [-0.15, -0.1) is 0 Å². The molecule has 1 amide bonds. The van der Waals surface area contributed by atoms with Crippen molar-refractivity contribution >= 4 is 39.2 Å². The van der Waals surface area contributed by atoms with Gasteiger partial charge in [-0.25, -0.2) is 4.98 Å². The smallest absolute Gasteiger partial charge is 0.303 e. The van der Waals surface area contributed by atoms with Crippen molar-refractivity contribution in [2.45, 2.75) is 39.7 Å². The fraction of sp³-hybridized carbons (Fsp3) is 0.500. The molecule has 7 heteroatoms. The normalized spacial score (nSPS) is 11.6. The van der Waals surface area contributed by atoms with Crippen LogP contribution in [0.2, 0.25) is 0 Å². The van der Waals surface area contributed by atoms with E-state index in [0.717, 1.165) is 18.5 Å². The van der Waals surface area contributed by atoms with Gasteiger partial charge in [-0.05, 0) is 35.3 Å². The van der Waals surface area contributed by atoms with Crippen molar-refractivity contribution in [3.05, 3.63) is 16.9 Å². The number of pyridine rings is 1.